The number of nitrogens with two attached hydrogens (primary N) is 1. The lowest BCUT2D eigenvalue weighted by atomic mass is 10.0. The van der Waals surface area contributed by atoms with E-state index in [0.717, 1.165) is 30.9 Å². The van der Waals surface area contributed by atoms with Gasteiger partial charge < -0.3 is 15.5 Å². The van der Waals surface area contributed by atoms with Crippen molar-refractivity contribution < 1.29 is 4.39 Å². The Morgan fingerprint density at radius 3 is 2.30 bits per heavy atom. The summed E-state index contributed by atoms with van der Waals surface area (Å²) in [6, 6.07) is 4.76. The minimum absolute atomic E-state index is 0.172. The van der Waals surface area contributed by atoms with E-state index >= 15 is 0 Å². The Kier molecular flexibility index (Phi) is 6.43. The van der Waals surface area contributed by atoms with Crippen LogP contribution < -0.4 is 10.6 Å². The molecule has 0 fully saturated rings. The molecule has 0 aliphatic carbocycles. The number of hydrogen-bond donors (Lipinski definition) is 1. The van der Waals surface area contributed by atoms with Gasteiger partial charge in [0.1, 0.15) is 5.82 Å². The first-order valence-electron chi connectivity index (χ1n) is 7.26. The molecule has 114 valence electrons. The zero-order valence-corrected chi connectivity index (χ0v) is 13.4. The highest BCUT2D eigenvalue weighted by Crippen LogP contribution is 2.27. The van der Waals surface area contributed by atoms with Gasteiger partial charge in [0.25, 0.3) is 0 Å². The van der Waals surface area contributed by atoms with Crippen LogP contribution in [0.4, 0.5) is 10.1 Å². The maximum absolute atomic E-state index is 13.5. The summed E-state index contributed by atoms with van der Waals surface area (Å²) in [6.07, 6.45) is 0. The van der Waals surface area contributed by atoms with Gasteiger partial charge in [0.05, 0.1) is 0 Å². The SMILES string of the molecule is CC(C)CN(CCN(C)C)c1ccc(F)cc1[C@H](C)N. The summed E-state index contributed by atoms with van der Waals surface area (Å²) in [7, 11) is 4.12. The van der Waals surface area contributed by atoms with Gasteiger partial charge in [0.15, 0.2) is 0 Å². The summed E-state index contributed by atoms with van der Waals surface area (Å²) >= 11 is 0. The molecule has 1 aromatic rings. The fourth-order valence-corrected chi connectivity index (χ4v) is 2.25. The van der Waals surface area contributed by atoms with Gasteiger partial charge in [-0.15, -0.1) is 0 Å². The maximum atomic E-state index is 13.5. The van der Waals surface area contributed by atoms with Crippen LogP contribution in [0.1, 0.15) is 32.4 Å². The molecule has 0 aromatic heterocycles. The molecule has 3 nitrogen and oxygen atoms in total. The van der Waals surface area contributed by atoms with Gasteiger partial charge >= 0.3 is 0 Å². The van der Waals surface area contributed by atoms with Crippen LogP contribution in [0.3, 0.4) is 0 Å². The smallest absolute Gasteiger partial charge is 0.123 e. The van der Waals surface area contributed by atoms with Crippen LogP contribution in [-0.4, -0.2) is 38.6 Å². The van der Waals surface area contributed by atoms with Gasteiger partial charge in [0, 0.05) is 31.4 Å². The van der Waals surface area contributed by atoms with Crippen molar-refractivity contribution in [1.29, 1.82) is 0 Å². The van der Waals surface area contributed by atoms with E-state index in [4.69, 9.17) is 5.73 Å². The van der Waals surface area contributed by atoms with Crippen LogP contribution in [-0.2, 0) is 0 Å². The van der Waals surface area contributed by atoms with Crippen LogP contribution in [0.2, 0.25) is 0 Å². The van der Waals surface area contributed by atoms with E-state index in [-0.39, 0.29) is 11.9 Å². The average molecular weight is 281 g/mol. The lowest BCUT2D eigenvalue weighted by Crippen LogP contribution is -2.35. The molecule has 0 saturated heterocycles. The molecule has 20 heavy (non-hydrogen) atoms. The molecular weight excluding hydrogens is 253 g/mol. The molecule has 0 amide bonds. The third kappa shape index (κ3) is 5.10. The van der Waals surface area contributed by atoms with Crippen molar-refractivity contribution in [2.24, 2.45) is 11.7 Å². The van der Waals surface area contributed by atoms with E-state index < -0.39 is 0 Å². The van der Waals surface area contributed by atoms with Gasteiger partial charge in [-0.25, -0.2) is 4.39 Å². The quantitative estimate of drug-likeness (QED) is 0.834. The largest absolute Gasteiger partial charge is 0.370 e. The topological polar surface area (TPSA) is 32.5 Å². The van der Waals surface area contributed by atoms with Crippen LogP contribution >= 0.6 is 0 Å². The Balaban J connectivity index is 3.05. The van der Waals surface area contributed by atoms with Crippen molar-refractivity contribution in [3.63, 3.8) is 0 Å². The number of hydrogen-bond acceptors (Lipinski definition) is 3. The first-order chi connectivity index (χ1) is 9.31. The summed E-state index contributed by atoms with van der Waals surface area (Å²) in [5.74, 6) is 0.321. The molecule has 0 aliphatic rings. The monoisotopic (exact) mass is 281 g/mol. The lowest BCUT2D eigenvalue weighted by molar-refractivity contribution is 0.408. The summed E-state index contributed by atoms with van der Waals surface area (Å²) in [5.41, 5.74) is 7.94. The number of likely N-dealkylation sites (N-methyl/N-ethyl adjacent to an activating group) is 1. The second-order valence-corrected chi connectivity index (χ2v) is 6.13. The predicted octanol–water partition coefficient (Wildman–Crippen LogP) is 2.87. The Morgan fingerprint density at radius 2 is 1.80 bits per heavy atom. The molecule has 0 spiro atoms. The molecule has 0 aliphatic heterocycles. The van der Waals surface area contributed by atoms with Crippen LogP contribution in [0.15, 0.2) is 18.2 Å². The fourth-order valence-electron chi connectivity index (χ4n) is 2.25. The number of nitrogens with zero attached hydrogens (tertiary/aromatic N) is 2. The van der Waals surface area contributed by atoms with Crippen molar-refractivity contribution in [1.82, 2.24) is 4.90 Å². The van der Waals surface area contributed by atoms with Crippen LogP contribution in [0, 0.1) is 11.7 Å². The zero-order chi connectivity index (χ0) is 15.3. The molecule has 0 radical (unpaired) electrons. The highest BCUT2D eigenvalue weighted by atomic mass is 19.1. The van der Waals surface area contributed by atoms with Gasteiger partial charge in [-0.3, -0.25) is 0 Å². The van der Waals surface area contributed by atoms with Gasteiger partial charge in [0.2, 0.25) is 0 Å². The number of rotatable bonds is 7. The Morgan fingerprint density at radius 1 is 1.15 bits per heavy atom. The number of halogens is 1. The van der Waals surface area contributed by atoms with E-state index in [1.165, 1.54) is 6.07 Å². The second-order valence-electron chi connectivity index (χ2n) is 6.13. The lowest BCUT2D eigenvalue weighted by Gasteiger charge is -2.31. The molecule has 0 bridgehead atoms. The molecule has 4 heteroatoms. The second kappa shape index (κ2) is 7.60. The third-order valence-electron chi connectivity index (χ3n) is 3.22. The highest BCUT2D eigenvalue weighted by Gasteiger charge is 2.16. The van der Waals surface area contributed by atoms with Crippen molar-refractivity contribution in [2.45, 2.75) is 26.8 Å². The Bertz CT molecular complexity index is 416. The molecule has 2 N–H and O–H groups in total. The van der Waals surface area contributed by atoms with Crippen molar-refractivity contribution in [2.75, 3.05) is 38.6 Å². The summed E-state index contributed by atoms with van der Waals surface area (Å²) in [5, 5.41) is 0. The normalized spacial score (nSPS) is 13.1. The molecule has 0 unspecified atom stereocenters. The Hall–Kier alpha value is -1.13. The van der Waals surface area contributed by atoms with Gasteiger partial charge in [-0.2, -0.15) is 0 Å². The Labute approximate surface area is 122 Å². The minimum Gasteiger partial charge on any atom is -0.370 e. The maximum Gasteiger partial charge on any atom is 0.123 e. The van der Waals surface area contributed by atoms with Crippen molar-refractivity contribution in [3.05, 3.63) is 29.6 Å². The van der Waals surface area contributed by atoms with Gasteiger partial charge in [-0.05, 0) is 50.7 Å². The molecule has 0 heterocycles. The van der Waals surface area contributed by atoms with E-state index in [1.54, 1.807) is 6.07 Å². The molecule has 1 atom stereocenters. The minimum atomic E-state index is -0.224. The predicted molar refractivity (Wildman–Crippen MR) is 84.6 cm³/mol. The molecule has 1 aromatic carbocycles. The summed E-state index contributed by atoms with van der Waals surface area (Å²) in [4.78, 5) is 4.46. The number of anilines is 1. The van der Waals surface area contributed by atoms with Crippen LogP contribution in [0.5, 0.6) is 0 Å². The van der Waals surface area contributed by atoms with E-state index in [1.807, 2.05) is 13.0 Å². The highest BCUT2D eigenvalue weighted by molar-refractivity contribution is 5.55. The molecule has 0 saturated carbocycles. The first-order valence-corrected chi connectivity index (χ1v) is 7.26. The van der Waals surface area contributed by atoms with E-state index in [2.05, 4.69) is 37.7 Å². The van der Waals surface area contributed by atoms with Crippen molar-refractivity contribution >= 4 is 5.69 Å². The average Bonchev–Trinajstić information content (AvgIpc) is 2.33. The van der Waals surface area contributed by atoms with Gasteiger partial charge in [-0.1, -0.05) is 13.8 Å². The standard InChI is InChI=1S/C16H28FN3/c1-12(2)11-20(9-8-19(4)5)16-7-6-14(17)10-15(16)13(3)18/h6-7,10,12-13H,8-9,11,18H2,1-5H3/t13-/m0/s1. The first kappa shape index (κ1) is 16.9. The zero-order valence-electron chi connectivity index (χ0n) is 13.4. The summed E-state index contributed by atoms with van der Waals surface area (Å²) < 4.78 is 13.5. The van der Waals surface area contributed by atoms with E-state index in [0.29, 0.717) is 5.92 Å². The van der Waals surface area contributed by atoms with E-state index in [9.17, 15) is 4.39 Å². The van der Waals surface area contributed by atoms with Crippen LogP contribution in [0.25, 0.3) is 0 Å². The molecule has 1 rings (SSSR count). The third-order valence-corrected chi connectivity index (χ3v) is 3.22. The fraction of sp³-hybridized carbons (Fsp3) is 0.625. The van der Waals surface area contributed by atoms with Crippen molar-refractivity contribution in [3.8, 4) is 0 Å². The summed E-state index contributed by atoms with van der Waals surface area (Å²) in [6.45, 7) is 9.10. The number of benzene rings is 1. The molecular formula is C16H28FN3.